The van der Waals surface area contributed by atoms with E-state index in [1.54, 1.807) is 43.4 Å². The van der Waals surface area contributed by atoms with Gasteiger partial charge in [-0.25, -0.2) is 4.39 Å². The number of nitrogens with zero attached hydrogens (tertiary/aromatic N) is 3. The molecule has 0 atom stereocenters. The fraction of sp³-hybridized carbons (Fsp3) is 0.304. The number of hydrogen-bond acceptors (Lipinski definition) is 7. The van der Waals surface area contributed by atoms with Crippen molar-refractivity contribution in [2.75, 3.05) is 32.6 Å². The van der Waals surface area contributed by atoms with E-state index in [1.165, 1.54) is 29.5 Å². The van der Waals surface area contributed by atoms with Crippen molar-refractivity contribution in [1.29, 1.82) is 0 Å². The number of halogens is 1. The Morgan fingerprint density at radius 2 is 1.76 bits per heavy atom. The van der Waals surface area contributed by atoms with E-state index in [4.69, 9.17) is 9.47 Å². The number of ether oxygens (including phenoxy) is 2. The molecule has 1 aromatic heterocycles. The summed E-state index contributed by atoms with van der Waals surface area (Å²) in [5, 5.41) is 11.8. The molecule has 8 nitrogen and oxygen atoms in total. The van der Waals surface area contributed by atoms with Crippen LogP contribution in [0.1, 0.15) is 43.9 Å². The van der Waals surface area contributed by atoms with Gasteiger partial charge in [0, 0.05) is 36.3 Å². The highest BCUT2D eigenvalue weighted by Gasteiger charge is 2.28. The molecule has 172 valence electrons. The summed E-state index contributed by atoms with van der Waals surface area (Å²) in [6, 6.07) is 10.8. The first-order chi connectivity index (χ1) is 16.0. The van der Waals surface area contributed by atoms with Crippen molar-refractivity contribution >= 4 is 28.8 Å². The number of anilines is 1. The van der Waals surface area contributed by atoms with Crippen LogP contribution < -0.4 is 14.8 Å². The van der Waals surface area contributed by atoms with Crippen LogP contribution in [0.3, 0.4) is 0 Å². The smallest absolute Gasteiger partial charge is 0.286 e. The van der Waals surface area contributed by atoms with E-state index in [0.717, 1.165) is 5.01 Å². The number of likely N-dealkylation sites (tertiary alicyclic amines) is 1. The quantitative estimate of drug-likeness (QED) is 0.586. The number of carbonyl (C=O) groups excluding carboxylic acids is 2. The van der Waals surface area contributed by atoms with E-state index in [0.29, 0.717) is 48.7 Å². The number of methoxy groups -OCH3 is 2. The molecule has 0 spiro atoms. The molecule has 2 amide bonds. The van der Waals surface area contributed by atoms with Gasteiger partial charge in [0.2, 0.25) is 5.01 Å². The average molecular weight is 471 g/mol. The Morgan fingerprint density at radius 3 is 2.39 bits per heavy atom. The Labute approximate surface area is 194 Å². The van der Waals surface area contributed by atoms with Crippen molar-refractivity contribution in [3.8, 4) is 11.5 Å². The fourth-order valence-corrected chi connectivity index (χ4v) is 4.59. The second-order valence-electron chi connectivity index (χ2n) is 7.58. The van der Waals surface area contributed by atoms with E-state index in [1.807, 2.05) is 0 Å². The summed E-state index contributed by atoms with van der Waals surface area (Å²) in [6.45, 7) is 1.13. The third-order valence-electron chi connectivity index (χ3n) is 5.45. The molecule has 4 rings (SSSR count). The molecule has 0 unspecified atom stereocenters. The van der Waals surface area contributed by atoms with Crippen LogP contribution in [0.4, 0.5) is 10.1 Å². The zero-order valence-electron chi connectivity index (χ0n) is 18.2. The number of piperidine rings is 1. The molecule has 1 aliphatic rings. The van der Waals surface area contributed by atoms with E-state index in [-0.39, 0.29) is 16.8 Å². The Hall–Kier alpha value is -3.53. The minimum atomic E-state index is -0.431. The standard InChI is InChI=1S/C23H23FN4O4S/c1-31-18-10-15(11-19(13-18)32-2)23(30)28-8-6-14(7-9-28)21-26-27-22(33-21)20(29)25-17-5-3-4-16(24)12-17/h3-5,10-14H,6-9H2,1-2H3,(H,25,29). The van der Waals surface area contributed by atoms with Crippen molar-refractivity contribution < 1.29 is 23.5 Å². The van der Waals surface area contributed by atoms with E-state index in [9.17, 15) is 14.0 Å². The third-order valence-corrected chi connectivity index (χ3v) is 6.53. The molecule has 0 saturated carbocycles. The molecule has 33 heavy (non-hydrogen) atoms. The van der Waals surface area contributed by atoms with Gasteiger partial charge in [-0.1, -0.05) is 17.4 Å². The van der Waals surface area contributed by atoms with Crippen LogP contribution in [-0.4, -0.2) is 54.2 Å². The monoisotopic (exact) mass is 470 g/mol. The number of carbonyl (C=O) groups is 2. The number of rotatable bonds is 6. The Balaban J connectivity index is 1.37. The van der Waals surface area contributed by atoms with Crippen molar-refractivity contribution in [2.45, 2.75) is 18.8 Å². The molecule has 3 aromatic rings. The van der Waals surface area contributed by atoms with Gasteiger partial charge in [-0.15, -0.1) is 10.2 Å². The minimum Gasteiger partial charge on any atom is -0.497 e. The first kappa shape index (κ1) is 22.7. The predicted octanol–water partition coefficient (Wildman–Crippen LogP) is 3.97. The summed E-state index contributed by atoms with van der Waals surface area (Å²) in [7, 11) is 3.09. The Morgan fingerprint density at radius 1 is 1.06 bits per heavy atom. The lowest BCUT2D eigenvalue weighted by Gasteiger charge is -2.31. The maximum atomic E-state index is 13.3. The molecular formula is C23H23FN4O4S. The first-order valence-electron chi connectivity index (χ1n) is 10.4. The summed E-state index contributed by atoms with van der Waals surface area (Å²) < 4.78 is 23.8. The van der Waals surface area contributed by atoms with Gasteiger partial charge in [-0.2, -0.15) is 0 Å². The van der Waals surface area contributed by atoms with Crippen molar-refractivity contribution in [2.24, 2.45) is 0 Å². The van der Waals surface area contributed by atoms with Crippen molar-refractivity contribution in [1.82, 2.24) is 15.1 Å². The van der Waals surface area contributed by atoms with Gasteiger partial charge in [-0.05, 0) is 43.2 Å². The van der Waals surface area contributed by atoms with Crippen LogP contribution in [0.15, 0.2) is 42.5 Å². The van der Waals surface area contributed by atoms with Crippen LogP contribution in [0.2, 0.25) is 0 Å². The summed E-state index contributed by atoms with van der Waals surface area (Å²) >= 11 is 1.22. The Kier molecular flexibility index (Phi) is 6.83. The van der Waals surface area contributed by atoms with Gasteiger partial charge in [-0.3, -0.25) is 9.59 Å². The second kappa shape index (κ2) is 9.95. The van der Waals surface area contributed by atoms with Gasteiger partial charge in [0.25, 0.3) is 11.8 Å². The average Bonchev–Trinajstić information content (AvgIpc) is 3.34. The summed E-state index contributed by atoms with van der Waals surface area (Å²) in [6.07, 6.45) is 1.43. The van der Waals surface area contributed by atoms with E-state index < -0.39 is 11.7 Å². The number of hydrogen-bond donors (Lipinski definition) is 1. The minimum absolute atomic E-state index is 0.0851. The molecule has 1 saturated heterocycles. The normalized spacial score (nSPS) is 14.1. The maximum absolute atomic E-state index is 13.3. The lowest BCUT2D eigenvalue weighted by Crippen LogP contribution is -2.37. The predicted molar refractivity (Wildman–Crippen MR) is 122 cm³/mol. The molecule has 2 heterocycles. The van der Waals surface area contributed by atoms with Gasteiger partial charge in [0.1, 0.15) is 22.3 Å². The van der Waals surface area contributed by atoms with Crippen LogP contribution in [0.25, 0.3) is 0 Å². The number of benzene rings is 2. The zero-order chi connectivity index (χ0) is 23.4. The van der Waals surface area contributed by atoms with E-state index in [2.05, 4.69) is 15.5 Å². The highest BCUT2D eigenvalue weighted by Crippen LogP contribution is 2.32. The first-order valence-corrected chi connectivity index (χ1v) is 11.2. The van der Waals surface area contributed by atoms with Gasteiger partial charge in [0.15, 0.2) is 0 Å². The summed E-state index contributed by atoms with van der Waals surface area (Å²) in [5.41, 5.74) is 0.870. The van der Waals surface area contributed by atoms with Gasteiger partial charge in [0.05, 0.1) is 14.2 Å². The molecule has 1 fully saturated rings. The lowest BCUT2D eigenvalue weighted by molar-refractivity contribution is 0.0712. The van der Waals surface area contributed by atoms with Crippen LogP contribution >= 0.6 is 11.3 Å². The van der Waals surface area contributed by atoms with Crippen LogP contribution in [0.5, 0.6) is 11.5 Å². The molecular weight excluding hydrogens is 447 g/mol. The molecule has 1 aliphatic heterocycles. The molecule has 1 N–H and O–H groups in total. The lowest BCUT2D eigenvalue weighted by atomic mass is 9.97. The molecule has 0 radical (unpaired) electrons. The van der Waals surface area contributed by atoms with Crippen molar-refractivity contribution in [3.63, 3.8) is 0 Å². The molecule has 10 heteroatoms. The van der Waals surface area contributed by atoms with Crippen LogP contribution in [0, 0.1) is 5.82 Å². The largest absolute Gasteiger partial charge is 0.497 e. The molecule has 0 bridgehead atoms. The van der Waals surface area contributed by atoms with Gasteiger partial charge >= 0.3 is 0 Å². The Bertz CT molecular complexity index is 1140. The number of aromatic nitrogens is 2. The SMILES string of the molecule is COc1cc(OC)cc(C(=O)N2CCC(c3nnc(C(=O)Nc4cccc(F)c4)s3)CC2)c1. The van der Waals surface area contributed by atoms with Crippen LogP contribution in [-0.2, 0) is 0 Å². The van der Waals surface area contributed by atoms with E-state index >= 15 is 0 Å². The summed E-state index contributed by atoms with van der Waals surface area (Å²) in [5.74, 6) is 0.291. The topological polar surface area (TPSA) is 93.7 Å². The number of amides is 2. The molecule has 0 aliphatic carbocycles. The highest BCUT2D eigenvalue weighted by atomic mass is 32.1. The summed E-state index contributed by atoms with van der Waals surface area (Å²) in [4.78, 5) is 27.2. The maximum Gasteiger partial charge on any atom is 0.286 e. The van der Waals surface area contributed by atoms with Crippen molar-refractivity contribution in [3.05, 3.63) is 63.9 Å². The third kappa shape index (κ3) is 5.28. The second-order valence-corrected chi connectivity index (χ2v) is 8.59. The fourth-order valence-electron chi connectivity index (χ4n) is 3.69. The molecule has 2 aromatic carbocycles. The zero-order valence-corrected chi connectivity index (χ0v) is 19.0. The van der Waals surface area contributed by atoms with Gasteiger partial charge < -0.3 is 19.7 Å². The highest BCUT2D eigenvalue weighted by molar-refractivity contribution is 7.13. The number of nitrogens with one attached hydrogen (secondary N) is 1.